The van der Waals surface area contributed by atoms with Gasteiger partial charge in [0.2, 0.25) is 0 Å². The summed E-state index contributed by atoms with van der Waals surface area (Å²) in [5, 5.41) is 0.949. The van der Waals surface area contributed by atoms with Gasteiger partial charge < -0.3 is 4.74 Å². The van der Waals surface area contributed by atoms with E-state index in [9.17, 15) is 0 Å². The van der Waals surface area contributed by atoms with Crippen LogP contribution < -0.4 is 0 Å². The summed E-state index contributed by atoms with van der Waals surface area (Å²) in [4.78, 5) is 2.59. The van der Waals surface area contributed by atoms with Crippen LogP contribution in [0, 0.1) is 0 Å². The molecule has 1 saturated heterocycles. The molecule has 0 amide bonds. The summed E-state index contributed by atoms with van der Waals surface area (Å²) >= 11 is 3.54. The van der Waals surface area contributed by atoms with E-state index in [0.29, 0.717) is 6.10 Å². The molecule has 1 fully saturated rings. The Morgan fingerprint density at radius 3 is 3.11 bits per heavy atom. The number of halogens is 1. The van der Waals surface area contributed by atoms with Gasteiger partial charge in [0.1, 0.15) is 0 Å². The molecule has 0 spiro atoms. The fourth-order valence-corrected chi connectivity index (χ4v) is 3.79. The second kappa shape index (κ2) is 6.38. The van der Waals surface area contributed by atoms with Gasteiger partial charge in [0.25, 0.3) is 0 Å². The second-order valence-electron chi connectivity index (χ2n) is 5.69. The minimum atomic E-state index is 0.368. The number of aryl methyl sites for hydroxylation is 1. The van der Waals surface area contributed by atoms with Gasteiger partial charge in [-0.3, -0.25) is 4.90 Å². The molecular formula is C16H22BrNO. The monoisotopic (exact) mass is 323 g/mol. The van der Waals surface area contributed by atoms with Gasteiger partial charge in [0.15, 0.2) is 0 Å². The van der Waals surface area contributed by atoms with E-state index in [1.807, 2.05) is 0 Å². The lowest BCUT2D eigenvalue weighted by Crippen LogP contribution is -2.45. The Kier molecular flexibility index (Phi) is 4.57. The van der Waals surface area contributed by atoms with E-state index in [0.717, 1.165) is 30.9 Å². The predicted molar refractivity (Wildman–Crippen MR) is 82.1 cm³/mol. The van der Waals surface area contributed by atoms with Gasteiger partial charge in [-0.1, -0.05) is 40.2 Å². The molecule has 2 atom stereocenters. The van der Waals surface area contributed by atoms with Crippen LogP contribution in [0.2, 0.25) is 0 Å². The van der Waals surface area contributed by atoms with Crippen LogP contribution in [0.3, 0.4) is 0 Å². The average Bonchev–Trinajstić information content (AvgIpc) is 2.48. The van der Waals surface area contributed by atoms with Gasteiger partial charge in [-0.2, -0.15) is 0 Å². The molecule has 0 saturated carbocycles. The first-order chi connectivity index (χ1) is 9.36. The smallest absolute Gasteiger partial charge is 0.0799 e. The quantitative estimate of drug-likeness (QED) is 0.792. The Morgan fingerprint density at radius 1 is 1.32 bits per heavy atom. The molecule has 2 unspecified atom stereocenters. The number of alkyl halides is 1. The SMILES string of the molecule is BrCC1CN(CC2CCCc3ccccc32)CCO1. The van der Waals surface area contributed by atoms with Crippen LogP contribution in [-0.2, 0) is 11.2 Å². The number of benzene rings is 1. The van der Waals surface area contributed by atoms with E-state index >= 15 is 0 Å². The van der Waals surface area contributed by atoms with Crippen molar-refractivity contribution in [2.24, 2.45) is 0 Å². The fraction of sp³-hybridized carbons (Fsp3) is 0.625. The number of ether oxygens (including phenoxy) is 1. The summed E-state index contributed by atoms with van der Waals surface area (Å²) in [6, 6.07) is 9.01. The van der Waals surface area contributed by atoms with Crippen molar-refractivity contribution >= 4 is 15.9 Å². The average molecular weight is 324 g/mol. The zero-order chi connectivity index (χ0) is 13.1. The fourth-order valence-electron chi connectivity index (χ4n) is 3.40. The highest BCUT2D eigenvalue weighted by Gasteiger charge is 2.25. The first-order valence-corrected chi connectivity index (χ1v) is 8.46. The zero-order valence-corrected chi connectivity index (χ0v) is 12.9. The Balaban J connectivity index is 1.67. The molecule has 104 valence electrons. The normalized spacial score (nSPS) is 28.1. The highest BCUT2D eigenvalue weighted by atomic mass is 79.9. The molecule has 3 heteroatoms. The topological polar surface area (TPSA) is 12.5 Å². The molecular weight excluding hydrogens is 302 g/mol. The predicted octanol–water partition coefficient (Wildman–Crippen LogP) is 3.20. The minimum Gasteiger partial charge on any atom is -0.375 e. The van der Waals surface area contributed by atoms with Crippen molar-refractivity contribution in [2.75, 3.05) is 31.6 Å². The largest absolute Gasteiger partial charge is 0.375 e. The standard InChI is InChI=1S/C16H22BrNO/c17-10-15-12-18(8-9-19-15)11-14-6-3-5-13-4-1-2-7-16(13)14/h1-2,4,7,14-15H,3,5-6,8-12H2. The van der Waals surface area contributed by atoms with Crippen molar-refractivity contribution in [3.63, 3.8) is 0 Å². The molecule has 1 aliphatic heterocycles. The highest BCUT2D eigenvalue weighted by Crippen LogP contribution is 2.32. The lowest BCUT2D eigenvalue weighted by Gasteiger charge is -2.36. The molecule has 3 rings (SSSR count). The van der Waals surface area contributed by atoms with Crippen LogP contribution in [-0.4, -0.2) is 42.6 Å². The van der Waals surface area contributed by atoms with E-state index < -0.39 is 0 Å². The first kappa shape index (κ1) is 13.6. The molecule has 1 heterocycles. The van der Waals surface area contributed by atoms with Crippen LogP contribution in [0.25, 0.3) is 0 Å². The summed E-state index contributed by atoms with van der Waals surface area (Å²) in [7, 11) is 0. The van der Waals surface area contributed by atoms with Crippen molar-refractivity contribution in [3.05, 3.63) is 35.4 Å². The number of morpholine rings is 1. The molecule has 0 N–H and O–H groups in total. The Bertz CT molecular complexity index is 423. The minimum absolute atomic E-state index is 0.368. The van der Waals surface area contributed by atoms with Gasteiger partial charge in [-0.15, -0.1) is 0 Å². The van der Waals surface area contributed by atoms with E-state index in [4.69, 9.17) is 4.74 Å². The van der Waals surface area contributed by atoms with Crippen molar-refractivity contribution in [3.8, 4) is 0 Å². The second-order valence-corrected chi connectivity index (χ2v) is 6.34. The third-order valence-electron chi connectivity index (χ3n) is 4.37. The Hall–Kier alpha value is -0.380. The highest BCUT2D eigenvalue weighted by molar-refractivity contribution is 9.09. The molecule has 19 heavy (non-hydrogen) atoms. The first-order valence-electron chi connectivity index (χ1n) is 7.34. The molecule has 2 aliphatic rings. The van der Waals surface area contributed by atoms with Crippen LogP contribution in [0.15, 0.2) is 24.3 Å². The number of fused-ring (bicyclic) bond motifs is 1. The van der Waals surface area contributed by atoms with Crippen molar-refractivity contribution in [1.29, 1.82) is 0 Å². The van der Waals surface area contributed by atoms with Gasteiger partial charge in [-0.05, 0) is 36.3 Å². The van der Waals surface area contributed by atoms with Crippen LogP contribution in [0.1, 0.15) is 29.9 Å². The van der Waals surface area contributed by atoms with Gasteiger partial charge in [0, 0.05) is 25.0 Å². The third-order valence-corrected chi connectivity index (χ3v) is 5.09. The van der Waals surface area contributed by atoms with Crippen molar-refractivity contribution in [2.45, 2.75) is 31.3 Å². The molecule has 0 radical (unpaired) electrons. The van der Waals surface area contributed by atoms with Gasteiger partial charge in [-0.25, -0.2) is 0 Å². The van der Waals surface area contributed by atoms with Gasteiger partial charge in [0.05, 0.1) is 12.7 Å². The van der Waals surface area contributed by atoms with Crippen molar-refractivity contribution in [1.82, 2.24) is 4.90 Å². The summed E-state index contributed by atoms with van der Waals surface area (Å²) in [5.74, 6) is 0.721. The molecule has 2 nitrogen and oxygen atoms in total. The Morgan fingerprint density at radius 2 is 2.21 bits per heavy atom. The maximum Gasteiger partial charge on any atom is 0.0799 e. The van der Waals surface area contributed by atoms with E-state index in [2.05, 4.69) is 45.1 Å². The number of hydrogen-bond acceptors (Lipinski definition) is 2. The molecule has 1 aliphatic carbocycles. The van der Waals surface area contributed by atoms with Crippen molar-refractivity contribution < 1.29 is 4.74 Å². The summed E-state index contributed by atoms with van der Waals surface area (Å²) in [6.45, 7) is 4.24. The van der Waals surface area contributed by atoms with E-state index in [-0.39, 0.29) is 0 Å². The van der Waals surface area contributed by atoms with Crippen LogP contribution >= 0.6 is 15.9 Å². The number of nitrogens with zero attached hydrogens (tertiary/aromatic N) is 1. The molecule has 1 aromatic rings. The summed E-state index contributed by atoms with van der Waals surface area (Å²) in [5.41, 5.74) is 3.17. The third kappa shape index (κ3) is 3.21. The Labute approximate surface area is 124 Å². The van der Waals surface area contributed by atoms with E-state index in [1.54, 1.807) is 11.1 Å². The van der Waals surface area contributed by atoms with Gasteiger partial charge >= 0.3 is 0 Å². The van der Waals surface area contributed by atoms with E-state index in [1.165, 1.54) is 25.8 Å². The number of rotatable bonds is 3. The number of hydrogen-bond donors (Lipinski definition) is 0. The summed E-state index contributed by atoms with van der Waals surface area (Å²) in [6.07, 6.45) is 4.31. The lowest BCUT2D eigenvalue weighted by molar-refractivity contribution is -0.0175. The maximum absolute atomic E-state index is 5.73. The zero-order valence-electron chi connectivity index (χ0n) is 11.4. The molecule has 1 aromatic carbocycles. The summed E-state index contributed by atoms with van der Waals surface area (Å²) < 4.78 is 5.73. The molecule has 0 aromatic heterocycles. The van der Waals surface area contributed by atoms with Crippen LogP contribution in [0.4, 0.5) is 0 Å². The maximum atomic E-state index is 5.73. The lowest BCUT2D eigenvalue weighted by atomic mass is 9.82. The molecule has 0 bridgehead atoms. The van der Waals surface area contributed by atoms with Crippen LogP contribution in [0.5, 0.6) is 0 Å².